The quantitative estimate of drug-likeness (QED) is 0.162. The fourth-order valence-electron chi connectivity index (χ4n) is 3.33. The van der Waals surface area contributed by atoms with E-state index in [1.54, 1.807) is 30.3 Å². The second-order valence-electron chi connectivity index (χ2n) is 7.20. The number of anilines is 1. The van der Waals surface area contributed by atoms with Gasteiger partial charge in [0, 0.05) is 19.2 Å². The number of nitrogens with one attached hydrogen (secondary N) is 1. The standard InChI is InChI=1S/C23H23N5O5.ClH/c24-26-14-17-7-5-16(6-8-17)9-10-20(29)25-11-12-27-15-21(30)28(23(27)33)19-4-2-1-3-18(19)13-22(31)32;/h1-10,14H,11-13,15,24H2,(H,25,29)(H,31,32);1H. The molecule has 0 saturated carbocycles. The van der Waals surface area contributed by atoms with E-state index < -0.39 is 17.9 Å². The van der Waals surface area contributed by atoms with E-state index in [1.807, 2.05) is 24.3 Å². The molecule has 3 rings (SSSR count). The minimum absolute atomic E-state index is 0. The third-order valence-electron chi connectivity index (χ3n) is 4.88. The van der Waals surface area contributed by atoms with Crippen LogP contribution in [-0.4, -0.2) is 59.7 Å². The van der Waals surface area contributed by atoms with Gasteiger partial charge in [-0.25, -0.2) is 9.69 Å². The Kier molecular flexibility index (Phi) is 9.33. The van der Waals surface area contributed by atoms with Crippen LogP contribution in [0.5, 0.6) is 0 Å². The summed E-state index contributed by atoms with van der Waals surface area (Å²) in [6.07, 6.45) is 4.22. The molecule has 0 aliphatic carbocycles. The van der Waals surface area contributed by atoms with E-state index in [-0.39, 0.29) is 50.1 Å². The Balaban J connectivity index is 0.00000408. The third kappa shape index (κ3) is 6.66. The summed E-state index contributed by atoms with van der Waals surface area (Å²) in [6.45, 7) is 0.137. The molecule has 34 heavy (non-hydrogen) atoms. The molecule has 1 aliphatic heterocycles. The lowest BCUT2D eigenvalue weighted by Crippen LogP contribution is -2.38. The highest BCUT2D eigenvalue weighted by molar-refractivity contribution is 6.20. The largest absolute Gasteiger partial charge is 0.481 e. The van der Waals surface area contributed by atoms with Gasteiger partial charge < -0.3 is 21.2 Å². The zero-order valence-electron chi connectivity index (χ0n) is 18.1. The van der Waals surface area contributed by atoms with Gasteiger partial charge in [0.05, 0.1) is 18.3 Å². The Morgan fingerprint density at radius 3 is 2.44 bits per heavy atom. The Bertz CT molecular complexity index is 1120. The van der Waals surface area contributed by atoms with Gasteiger partial charge in [-0.05, 0) is 28.8 Å². The Labute approximate surface area is 202 Å². The van der Waals surface area contributed by atoms with Gasteiger partial charge >= 0.3 is 12.0 Å². The maximum atomic E-state index is 12.8. The average Bonchev–Trinajstić information content (AvgIpc) is 3.06. The second-order valence-corrected chi connectivity index (χ2v) is 7.20. The van der Waals surface area contributed by atoms with Gasteiger partial charge in [-0.3, -0.25) is 14.4 Å². The fourth-order valence-corrected chi connectivity index (χ4v) is 3.33. The molecule has 2 aromatic rings. The van der Waals surface area contributed by atoms with E-state index in [0.717, 1.165) is 16.0 Å². The Morgan fingerprint density at radius 1 is 1.09 bits per heavy atom. The molecular formula is C23H24ClN5O5. The predicted molar refractivity (Wildman–Crippen MR) is 130 cm³/mol. The number of hydrogen-bond donors (Lipinski definition) is 3. The van der Waals surface area contributed by atoms with Gasteiger partial charge in [-0.2, -0.15) is 5.10 Å². The molecule has 178 valence electrons. The number of aliphatic carboxylic acids is 1. The van der Waals surface area contributed by atoms with Gasteiger partial charge in [0.2, 0.25) is 5.91 Å². The van der Waals surface area contributed by atoms with Crippen LogP contribution in [0.1, 0.15) is 16.7 Å². The van der Waals surface area contributed by atoms with E-state index in [9.17, 15) is 19.2 Å². The van der Waals surface area contributed by atoms with Crippen LogP contribution in [-0.2, 0) is 20.8 Å². The first-order valence-electron chi connectivity index (χ1n) is 10.1. The van der Waals surface area contributed by atoms with Crippen molar-refractivity contribution in [2.24, 2.45) is 10.9 Å². The summed E-state index contributed by atoms with van der Waals surface area (Å²) in [5.74, 6) is 3.25. The number of hydrazone groups is 1. The molecule has 2 aromatic carbocycles. The molecule has 4 amide bonds. The molecule has 0 aromatic heterocycles. The maximum Gasteiger partial charge on any atom is 0.331 e. The van der Waals surface area contributed by atoms with E-state index in [0.29, 0.717) is 5.56 Å². The van der Waals surface area contributed by atoms with Crippen molar-refractivity contribution in [2.45, 2.75) is 6.42 Å². The molecule has 0 unspecified atom stereocenters. The normalized spacial score (nSPS) is 13.5. The first-order valence-corrected chi connectivity index (χ1v) is 10.1. The van der Waals surface area contributed by atoms with E-state index in [2.05, 4.69) is 10.4 Å². The number of carbonyl (C=O) groups excluding carboxylic acids is 3. The minimum atomic E-state index is -1.06. The van der Waals surface area contributed by atoms with Crippen LogP contribution in [0, 0.1) is 0 Å². The van der Waals surface area contributed by atoms with E-state index in [4.69, 9.17) is 10.9 Å². The van der Waals surface area contributed by atoms with Crippen LogP contribution >= 0.6 is 12.4 Å². The van der Waals surface area contributed by atoms with Crippen LogP contribution in [0.2, 0.25) is 0 Å². The summed E-state index contributed by atoms with van der Waals surface area (Å²) in [6, 6.07) is 13.1. The lowest BCUT2D eigenvalue weighted by Gasteiger charge is -2.19. The van der Waals surface area contributed by atoms with Crippen molar-refractivity contribution in [1.82, 2.24) is 10.2 Å². The summed E-state index contributed by atoms with van der Waals surface area (Å²) in [5.41, 5.74) is 2.28. The molecule has 1 saturated heterocycles. The van der Waals surface area contributed by atoms with E-state index in [1.165, 1.54) is 17.2 Å². The van der Waals surface area contributed by atoms with Gasteiger partial charge in [0.25, 0.3) is 5.91 Å². The van der Waals surface area contributed by atoms with Crippen molar-refractivity contribution < 1.29 is 24.3 Å². The SMILES string of the molecule is Cl.NN=Cc1ccc(C=CC(=O)NCCN2CC(=O)N(c3ccccc3CC(=O)O)C2=O)cc1. The van der Waals surface area contributed by atoms with Crippen molar-refractivity contribution in [3.05, 3.63) is 71.3 Å². The zero-order valence-corrected chi connectivity index (χ0v) is 18.9. The first-order chi connectivity index (χ1) is 15.9. The number of urea groups is 1. The molecule has 1 aliphatic rings. The molecular weight excluding hydrogens is 462 g/mol. The number of rotatable bonds is 9. The number of imide groups is 1. The molecule has 0 radical (unpaired) electrons. The molecule has 0 bridgehead atoms. The van der Waals surface area contributed by atoms with Gasteiger partial charge in [-0.15, -0.1) is 12.4 Å². The summed E-state index contributed by atoms with van der Waals surface area (Å²) in [5, 5.41) is 15.2. The number of carboxylic acids is 1. The van der Waals surface area contributed by atoms with Crippen LogP contribution in [0.15, 0.2) is 59.7 Å². The maximum absolute atomic E-state index is 12.8. The summed E-state index contributed by atoms with van der Waals surface area (Å²) >= 11 is 0. The van der Waals surface area contributed by atoms with Gasteiger partial charge in [-0.1, -0.05) is 42.5 Å². The number of carboxylic acid groups (broad SMARTS) is 1. The topological polar surface area (TPSA) is 145 Å². The average molecular weight is 486 g/mol. The molecule has 0 spiro atoms. The van der Waals surface area contributed by atoms with Crippen molar-refractivity contribution >= 4 is 54.2 Å². The molecule has 4 N–H and O–H groups in total. The number of amides is 4. The predicted octanol–water partition coefficient (Wildman–Crippen LogP) is 1.63. The highest BCUT2D eigenvalue weighted by Gasteiger charge is 2.37. The summed E-state index contributed by atoms with van der Waals surface area (Å²) < 4.78 is 0. The number of nitrogens with two attached hydrogens (primary N) is 1. The third-order valence-corrected chi connectivity index (χ3v) is 4.88. The van der Waals surface area contributed by atoms with Crippen molar-refractivity contribution in [3.8, 4) is 0 Å². The fraction of sp³-hybridized carbons (Fsp3) is 0.174. The lowest BCUT2D eigenvalue weighted by atomic mass is 10.1. The second kappa shape index (κ2) is 12.2. The number of halogens is 1. The number of para-hydroxylation sites is 1. The van der Waals surface area contributed by atoms with Crippen LogP contribution in [0.25, 0.3) is 6.08 Å². The molecule has 11 heteroatoms. The number of carbonyl (C=O) groups is 4. The minimum Gasteiger partial charge on any atom is -0.481 e. The number of nitrogens with zero attached hydrogens (tertiary/aromatic N) is 3. The van der Waals surface area contributed by atoms with Gasteiger partial charge in [0.15, 0.2) is 0 Å². The first kappa shape index (κ1) is 26.1. The molecule has 0 atom stereocenters. The summed E-state index contributed by atoms with van der Waals surface area (Å²) in [4.78, 5) is 50.7. The van der Waals surface area contributed by atoms with Crippen LogP contribution in [0.3, 0.4) is 0 Å². The molecule has 1 fully saturated rings. The highest BCUT2D eigenvalue weighted by atomic mass is 35.5. The lowest BCUT2D eigenvalue weighted by molar-refractivity contribution is -0.136. The number of benzene rings is 2. The van der Waals surface area contributed by atoms with Crippen molar-refractivity contribution in [1.29, 1.82) is 0 Å². The monoisotopic (exact) mass is 485 g/mol. The van der Waals surface area contributed by atoms with Crippen molar-refractivity contribution in [3.63, 3.8) is 0 Å². The van der Waals surface area contributed by atoms with Gasteiger partial charge in [0.1, 0.15) is 6.54 Å². The smallest absolute Gasteiger partial charge is 0.331 e. The summed E-state index contributed by atoms with van der Waals surface area (Å²) in [7, 11) is 0. The Morgan fingerprint density at radius 2 is 1.76 bits per heavy atom. The highest BCUT2D eigenvalue weighted by Crippen LogP contribution is 2.25. The number of hydrogen-bond acceptors (Lipinski definition) is 6. The van der Waals surface area contributed by atoms with Crippen LogP contribution in [0.4, 0.5) is 10.5 Å². The van der Waals surface area contributed by atoms with Crippen LogP contribution < -0.4 is 16.1 Å². The zero-order chi connectivity index (χ0) is 23.8. The van der Waals surface area contributed by atoms with Crippen molar-refractivity contribution in [2.75, 3.05) is 24.5 Å². The molecule has 1 heterocycles. The Hall–Kier alpha value is -4.18. The molecule has 10 nitrogen and oxygen atoms in total. The van der Waals surface area contributed by atoms with E-state index >= 15 is 0 Å².